The van der Waals surface area contributed by atoms with Crippen LogP contribution in [-0.4, -0.2) is 98.2 Å². The van der Waals surface area contributed by atoms with Crippen LogP contribution in [0.4, 0.5) is 9.59 Å². The molecule has 0 aliphatic carbocycles. The lowest BCUT2D eigenvalue weighted by molar-refractivity contribution is 0.0190. The Hall–Kier alpha value is -8.94. The number of terminal acetylenes is 1. The van der Waals surface area contributed by atoms with Crippen molar-refractivity contribution in [2.45, 2.75) is 109 Å². The number of nitrogens with one attached hydrogen (secondary N) is 1. The molecule has 1 N–H and O–H groups in total. The van der Waals surface area contributed by atoms with Crippen molar-refractivity contribution in [2.24, 2.45) is 0 Å². The number of pyridine rings is 3. The molecule has 9 heterocycles. The normalized spacial score (nSPS) is 15.9. The first-order valence-corrected chi connectivity index (χ1v) is 30.7. The van der Waals surface area contributed by atoms with Gasteiger partial charge < -0.3 is 28.4 Å². The third-order valence-corrected chi connectivity index (χ3v) is 14.6. The lowest BCUT2D eigenvalue weighted by atomic mass is 10.2. The second-order valence-electron chi connectivity index (χ2n) is 22.6. The zero-order valence-corrected chi connectivity index (χ0v) is 53.9. The molecule has 3 aromatic carbocycles. The predicted molar refractivity (Wildman–Crippen MR) is 344 cm³/mol. The van der Waals surface area contributed by atoms with Gasteiger partial charge in [0.2, 0.25) is 35.1 Å². The molecule has 9 aromatic rings. The van der Waals surface area contributed by atoms with Crippen LogP contribution in [0.15, 0.2) is 146 Å². The van der Waals surface area contributed by atoms with Crippen molar-refractivity contribution in [3.05, 3.63) is 193 Å². The standard InChI is InChI=1S/C24H23ClN4O3.C19H15ClN4O.C16H19BrN4O3.C8H5Cl/c1-24(2,3)31-23(30)29-14-4-5-20(29)22-27-21(28-32-22)19-13-10-17(15-26-19)7-6-16-8-11-18(25)12-9-16;20-15-8-5-13(6-9-15)3-4-14-7-10-16(22-12-14)18-23-19(25-24-18)17-2-1-11-21-17;1-16(2,3)23-15(22)21-8-4-5-12(21)14-19-13(20-24-14)11-7-6-10(17)9-18-11;1-2-7-3-5-8(9)6-4-7/h8-13,15,20H,4-5,14H2,1-3H3;5-10,12,17,21H,1-2,11H2;6-7,9,12H,4-5,8H2,1-3H3;1,3-6H. The molecule has 19 nitrogen and oxygen atoms in total. The summed E-state index contributed by atoms with van der Waals surface area (Å²) in [4.78, 5) is 54.6. The molecule has 90 heavy (non-hydrogen) atoms. The van der Waals surface area contributed by atoms with Gasteiger partial charge in [-0.25, -0.2) is 9.59 Å². The van der Waals surface area contributed by atoms with Crippen LogP contribution in [0.5, 0.6) is 0 Å². The summed E-state index contributed by atoms with van der Waals surface area (Å²) in [5.74, 6) is 17.5. The monoisotopic (exact) mass is 1330 g/mol. The van der Waals surface area contributed by atoms with E-state index in [-0.39, 0.29) is 30.3 Å². The van der Waals surface area contributed by atoms with Gasteiger partial charge in [0.1, 0.15) is 40.4 Å². The Morgan fingerprint density at radius 2 is 0.900 bits per heavy atom. The first kappa shape index (κ1) is 65.5. The summed E-state index contributed by atoms with van der Waals surface area (Å²) >= 11 is 20.7. The summed E-state index contributed by atoms with van der Waals surface area (Å²) in [6.45, 7) is 13.3. The minimum Gasteiger partial charge on any atom is -0.444 e. The van der Waals surface area contributed by atoms with Gasteiger partial charge in [0.05, 0.1) is 6.04 Å². The quantitative estimate of drug-likeness (QED) is 0.153. The molecule has 0 spiro atoms. The third-order valence-electron chi connectivity index (χ3n) is 13.4. The molecule has 3 unspecified atom stereocenters. The van der Waals surface area contributed by atoms with Crippen LogP contribution in [0.25, 0.3) is 34.6 Å². The number of halogens is 4. The Labute approximate surface area is 545 Å². The van der Waals surface area contributed by atoms with Crippen molar-refractivity contribution in [2.75, 3.05) is 19.6 Å². The summed E-state index contributed by atoms with van der Waals surface area (Å²) in [5.41, 5.74) is 4.98. The van der Waals surface area contributed by atoms with E-state index in [2.05, 4.69) is 96.2 Å². The van der Waals surface area contributed by atoms with Crippen molar-refractivity contribution < 1.29 is 32.6 Å². The smallest absolute Gasteiger partial charge is 0.410 e. The highest BCUT2D eigenvalue weighted by molar-refractivity contribution is 9.10. The van der Waals surface area contributed by atoms with E-state index in [1.54, 1.807) is 64.8 Å². The van der Waals surface area contributed by atoms with E-state index < -0.39 is 11.2 Å². The fraction of sp³-hybridized carbons (Fsp3) is 0.299. The highest BCUT2D eigenvalue weighted by atomic mass is 79.9. The van der Waals surface area contributed by atoms with Gasteiger partial charge in [-0.3, -0.25) is 24.8 Å². The maximum atomic E-state index is 12.5. The van der Waals surface area contributed by atoms with E-state index in [4.69, 9.17) is 64.3 Å². The Kier molecular flexibility index (Phi) is 22.2. The summed E-state index contributed by atoms with van der Waals surface area (Å²) in [6.07, 6.45) is 14.8. The van der Waals surface area contributed by atoms with Gasteiger partial charge in [0, 0.05) is 79.0 Å². The van der Waals surface area contributed by atoms with Gasteiger partial charge in [0.15, 0.2) is 0 Å². The Morgan fingerprint density at radius 1 is 0.522 bits per heavy atom. The molecule has 0 radical (unpaired) electrons. The lowest BCUT2D eigenvalue weighted by Gasteiger charge is -2.27. The highest BCUT2D eigenvalue weighted by Gasteiger charge is 2.38. The molecule has 2 amide bonds. The van der Waals surface area contributed by atoms with E-state index >= 15 is 0 Å². The summed E-state index contributed by atoms with van der Waals surface area (Å²) in [6, 6.07) is 32.6. The molecule has 3 saturated heterocycles. The molecule has 3 aliphatic heterocycles. The summed E-state index contributed by atoms with van der Waals surface area (Å²) < 4.78 is 28.0. The maximum Gasteiger partial charge on any atom is 0.410 e. The summed E-state index contributed by atoms with van der Waals surface area (Å²) in [7, 11) is 0. The van der Waals surface area contributed by atoms with Crippen LogP contribution in [-0.2, 0) is 9.47 Å². The molecule has 460 valence electrons. The number of ether oxygens (including phenoxy) is 2. The molecule has 23 heteroatoms. The zero-order valence-electron chi connectivity index (χ0n) is 50.1. The van der Waals surface area contributed by atoms with Crippen molar-refractivity contribution in [1.82, 2.24) is 60.5 Å². The number of nitrogens with zero attached hydrogens (tertiary/aromatic N) is 11. The second-order valence-corrected chi connectivity index (χ2v) is 24.8. The Morgan fingerprint density at radius 3 is 1.27 bits per heavy atom. The van der Waals surface area contributed by atoms with Gasteiger partial charge >= 0.3 is 12.2 Å². The number of rotatable bonds is 6. The Bertz CT molecular complexity index is 4020. The van der Waals surface area contributed by atoms with Crippen LogP contribution in [0.2, 0.25) is 15.1 Å². The zero-order chi connectivity index (χ0) is 63.8. The predicted octanol–water partition coefficient (Wildman–Crippen LogP) is 15.2. The average molecular weight is 1330 g/mol. The third kappa shape index (κ3) is 19.0. The fourth-order valence-electron chi connectivity index (χ4n) is 9.06. The number of hydrogen-bond donors (Lipinski definition) is 1. The molecule has 6 aromatic heterocycles. The molecular formula is C67H62BrCl3N12O7. The lowest BCUT2D eigenvalue weighted by Crippen LogP contribution is -2.36. The highest BCUT2D eigenvalue weighted by Crippen LogP contribution is 2.35. The number of carbonyl (C=O) groups excluding carboxylic acids is 2. The van der Waals surface area contributed by atoms with E-state index in [1.165, 1.54) is 0 Å². The van der Waals surface area contributed by atoms with E-state index in [0.29, 0.717) is 80.4 Å². The van der Waals surface area contributed by atoms with E-state index in [9.17, 15) is 9.59 Å². The van der Waals surface area contributed by atoms with Crippen LogP contribution in [0.3, 0.4) is 0 Å². The number of benzene rings is 3. The van der Waals surface area contributed by atoms with Gasteiger partial charge in [0.25, 0.3) is 0 Å². The molecule has 12 rings (SSSR count). The van der Waals surface area contributed by atoms with Gasteiger partial charge in [-0.2, -0.15) is 15.0 Å². The maximum absolute atomic E-state index is 12.5. The first-order valence-electron chi connectivity index (χ1n) is 28.8. The van der Waals surface area contributed by atoms with Gasteiger partial charge in [-0.05, 0) is 212 Å². The molecule has 3 fully saturated rings. The fourth-order valence-corrected chi connectivity index (χ4v) is 9.67. The minimum atomic E-state index is -0.563. The van der Waals surface area contributed by atoms with E-state index in [1.807, 2.05) is 114 Å². The number of hydrogen-bond acceptors (Lipinski definition) is 17. The summed E-state index contributed by atoms with van der Waals surface area (Å²) in [5, 5.41) is 17.5. The number of amides is 2. The second kappa shape index (κ2) is 30.5. The average Bonchev–Trinajstić information content (AvgIpc) is 1.96. The first-order chi connectivity index (χ1) is 43.2. The van der Waals surface area contributed by atoms with Crippen molar-refractivity contribution in [1.29, 1.82) is 0 Å². The molecule has 3 aliphatic rings. The van der Waals surface area contributed by atoms with Gasteiger partial charge in [-0.1, -0.05) is 79.9 Å². The molecule has 0 bridgehead atoms. The SMILES string of the molecule is C#Cc1ccc(Cl)cc1.CC(C)(C)OC(=O)N1CCCC1c1nc(-c2ccc(Br)cn2)no1.CC(C)(C)OC(=O)N1CCCC1c1nc(-c2ccc(C#Cc3ccc(Cl)cc3)cn2)no1.Clc1ccc(C#Cc2ccc(-c3noc(C4CCCN4)n3)nc2)cc1. The number of aromatic nitrogens is 9. The van der Waals surface area contributed by atoms with Crippen LogP contribution < -0.4 is 5.32 Å². The van der Waals surface area contributed by atoms with Crippen molar-refractivity contribution in [3.63, 3.8) is 0 Å². The largest absolute Gasteiger partial charge is 0.444 e. The van der Waals surface area contributed by atoms with E-state index in [0.717, 1.165) is 77.4 Å². The number of likely N-dealkylation sites (tertiary alicyclic amines) is 2. The van der Waals surface area contributed by atoms with Crippen molar-refractivity contribution >= 4 is 62.9 Å². The number of carbonyl (C=O) groups is 2. The molecular weight excluding hydrogens is 1270 g/mol. The minimum absolute atomic E-state index is 0.158. The van der Waals surface area contributed by atoms with Crippen LogP contribution in [0.1, 0.15) is 144 Å². The molecule has 3 atom stereocenters. The van der Waals surface area contributed by atoms with Gasteiger partial charge in [-0.15, -0.1) is 6.42 Å². The van der Waals surface area contributed by atoms with Crippen LogP contribution >= 0.6 is 50.7 Å². The molecule has 0 saturated carbocycles. The Balaban J connectivity index is 0.000000151. The van der Waals surface area contributed by atoms with Crippen LogP contribution in [0, 0.1) is 36.0 Å². The van der Waals surface area contributed by atoms with Crippen molar-refractivity contribution in [3.8, 4) is 70.6 Å². The topological polar surface area (TPSA) is 227 Å².